The molecule has 1 saturated heterocycles. The minimum Gasteiger partial charge on any atom is -0.335 e. The van der Waals surface area contributed by atoms with Gasteiger partial charge in [-0.3, -0.25) is 14.3 Å². The molecule has 3 aromatic carbocycles. The van der Waals surface area contributed by atoms with Crippen LogP contribution in [0.2, 0.25) is 0 Å². The normalized spacial score (nSPS) is 14.3. The molecule has 0 bridgehead atoms. The van der Waals surface area contributed by atoms with Crippen LogP contribution in [0.3, 0.4) is 0 Å². The van der Waals surface area contributed by atoms with E-state index in [1.165, 1.54) is 21.3 Å². The van der Waals surface area contributed by atoms with E-state index < -0.39 is 23.1 Å². The number of aromatic nitrogens is 1. The minimum absolute atomic E-state index is 0.105. The molecule has 0 saturated carbocycles. The number of rotatable bonds is 5. The summed E-state index contributed by atoms with van der Waals surface area (Å²) in [7, 11) is 0. The Balaban J connectivity index is 1.26. The van der Waals surface area contributed by atoms with Crippen LogP contribution in [0.15, 0.2) is 85.1 Å². The summed E-state index contributed by atoms with van der Waals surface area (Å²) >= 11 is -2.38. The van der Waals surface area contributed by atoms with E-state index in [9.17, 15) is 22.7 Å². The zero-order valence-electron chi connectivity index (χ0n) is 20.2. The van der Waals surface area contributed by atoms with Gasteiger partial charge in [0.25, 0.3) is 17.2 Å². The van der Waals surface area contributed by atoms with Gasteiger partial charge in [-0.25, -0.2) is 17.7 Å². The van der Waals surface area contributed by atoms with Crippen LogP contribution in [-0.2, 0) is 11.3 Å². The fourth-order valence-corrected chi connectivity index (χ4v) is 4.97. The molecule has 3 amide bonds. The summed E-state index contributed by atoms with van der Waals surface area (Å²) in [5.74, 6) is -0.729. The SMILES string of the molecule is O=C(Nc1ccccc1F)N1CCN(C(=O)c2ccc(N(c3cccc4cccnc34)S(=O)O)cc2)CC1. The first-order chi connectivity index (χ1) is 18.4. The van der Waals surface area contributed by atoms with Crippen LogP contribution in [0.25, 0.3) is 10.9 Å². The summed E-state index contributed by atoms with van der Waals surface area (Å²) in [5.41, 5.74) is 1.99. The van der Waals surface area contributed by atoms with E-state index in [1.54, 1.807) is 65.7 Å². The summed E-state index contributed by atoms with van der Waals surface area (Å²) in [4.78, 5) is 33.1. The lowest BCUT2D eigenvalue weighted by Crippen LogP contribution is -2.51. The molecular formula is C27H24FN5O4S. The summed E-state index contributed by atoms with van der Waals surface area (Å²) in [6.07, 6.45) is 1.62. The molecule has 1 aliphatic heterocycles. The van der Waals surface area contributed by atoms with Crippen LogP contribution < -0.4 is 9.62 Å². The van der Waals surface area contributed by atoms with Crippen LogP contribution in [-0.4, -0.2) is 61.7 Å². The minimum atomic E-state index is -2.38. The second kappa shape index (κ2) is 11.0. The Morgan fingerprint density at radius 3 is 2.29 bits per heavy atom. The highest BCUT2D eigenvalue weighted by Gasteiger charge is 2.26. The van der Waals surface area contributed by atoms with Crippen molar-refractivity contribution in [3.63, 3.8) is 0 Å². The number of hydrogen-bond donors (Lipinski definition) is 2. The molecule has 2 N–H and O–H groups in total. The van der Waals surface area contributed by atoms with Gasteiger partial charge in [-0.2, -0.15) is 0 Å². The Bertz CT molecular complexity index is 1500. The van der Waals surface area contributed by atoms with Crippen LogP contribution in [0.4, 0.5) is 26.2 Å². The molecular weight excluding hydrogens is 509 g/mol. The molecule has 2 heterocycles. The van der Waals surface area contributed by atoms with E-state index in [0.717, 1.165) is 5.39 Å². The Morgan fingerprint density at radius 2 is 1.58 bits per heavy atom. The molecule has 38 heavy (non-hydrogen) atoms. The monoisotopic (exact) mass is 533 g/mol. The number of benzene rings is 3. The molecule has 1 aliphatic rings. The lowest BCUT2D eigenvalue weighted by molar-refractivity contribution is 0.0671. The number of carbonyl (C=O) groups excluding carboxylic acids is 2. The summed E-state index contributed by atoms with van der Waals surface area (Å²) in [5, 5.41) is 3.39. The molecule has 9 nitrogen and oxygen atoms in total. The van der Waals surface area contributed by atoms with Crippen molar-refractivity contribution in [2.75, 3.05) is 35.8 Å². The third-order valence-electron chi connectivity index (χ3n) is 6.30. The average molecular weight is 534 g/mol. The van der Waals surface area contributed by atoms with Crippen LogP contribution in [0.1, 0.15) is 10.4 Å². The Hall–Kier alpha value is -4.35. The Morgan fingerprint density at radius 1 is 0.895 bits per heavy atom. The highest BCUT2D eigenvalue weighted by atomic mass is 32.2. The number of nitrogens with zero attached hydrogens (tertiary/aromatic N) is 4. The molecule has 1 aromatic heterocycles. The quantitative estimate of drug-likeness (QED) is 0.364. The molecule has 1 atom stereocenters. The van der Waals surface area contributed by atoms with Gasteiger partial charge in [0.15, 0.2) is 0 Å². The molecule has 1 fully saturated rings. The van der Waals surface area contributed by atoms with E-state index in [0.29, 0.717) is 48.6 Å². The molecule has 11 heteroatoms. The van der Waals surface area contributed by atoms with Crippen molar-refractivity contribution in [3.05, 3.63) is 96.4 Å². The fraction of sp³-hybridized carbons (Fsp3) is 0.148. The number of carbonyl (C=O) groups is 2. The van der Waals surface area contributed by atoms with Gasteiger partial charge in [0.05, 0.1) is 22.6 Å². The van der Waals surface area contributed by atoms with Crippen molar-refractivity contribution in [2.45, 2.75) is 0 Å². The van der Waals surface area contributed by atoms with Gasteiger partial charge >= 0.3 is 6.03 Å². The Kier molecular flexibility index (Phi) is 7.29. The third-order valence-corrected chi connectivity index (χ3v) is 7.02. The highest BCUT2D eigenvalue weighted by molar-refractivity contribution is 7.81. The predicted molar refractivity (Wildman–Crippen MR) is 144 cm³/mol. The number of urea groups is 1. The summed E-state index contributed by atoms with van der Waals surface area (Å²) in [6.45, 7) is 1.24. The van der Waals surface area contributed by atoms with Crippen LogP contribution in [0.5, 0.6) is 0 Å². The second-order valence-corrected chi connectivity index (χ2v) is 9.44. The van der Waals surface area contributed by atoms with Crippen molar-refractivity contribution in [1.29, 1.82) is 0 Å². The lowest BCUT2D eigenvalue weighted by atomic mass is 10.1. The number of amides is 3. The average Bonchev–Trinajstić information content (AvgIpc) is 2.94. The first-order valence-electron chi connectivity index (χ1n) is 11.9. The van der Waals surface area contributed by atoms with Gasteiger partial charge in [-0.05, 0) is 48.5 Å². The van der Waals surface area contributed by atoms with Gasteiger partial charge in [0, 0.05) is 43.3 Å². The van der Waals surface area contributed by atoms with Crippen molar-refractivity contribution in [3.8, 4) is 0 Å². The number of piperazine rings is 1. The topological polar surface area (TPSA) is 106 Å². The molecule has 0 aliphatic carbocycles. The number of nitrogens with one attached hydrogen (secondary N) is 1. The maximum Gasteiger partial charge on any atom is 0.322 e. The maximum absolute atomic E-state index is 13.8. The summed E-state index contributed by atoms with van der Waals surface area (Å²) < 4.78 is 37.5. The second-order valence-electron chi connectivity index (χ2n) is 8.61. The first kappa shape index (κ1) is 25.3. The maximum atomic E-state index is 13.8. The number of fused-ring (bicyclic) bond motifs is 1. The van der Waals surface area contributed by atoms with Crippen LogP contribution >= 0.6 is 0 Å². The Labute approximate surface area is 220 Å². The molecule has 1 unspecified atom stereocenters. The van der Waals surface area contributed by atoms with E-state index in [1.807, 2.05) is 12.1 Å². The predicted octanol–water partition coefficient (Wildman–Crippen LogP) is 4.64. The molecule has 0 radical (unpaired) electrons. The largest absolute Gasteiger partial charge is 0.335 e. The van der Waals surface area contributed by atoms with E-state index in [-0.39, 0.29) is 11.6 Å². The van der Waals surface area contributed by atoms with Crippen molar-refractivity contribution in [1.82, 2.24) is 14.8 Å². The molecule has 4 aromatic rings. The van der Waals surface area contributed by atoms with E-state index >= 15 is 0 Å². The number of hydrogen-bond acceptors (Lipinski definition) is 4. The number of halogens is 1. The van der Waals surface area contributed by atoms with E-state index in [2.05, 4.69) is 10.3 Å². The van der Waals surface area contributed by atoms with Crippen molar-refractivity contribution in [2.24, 2.45) is 0 Å². The number of anilines is 3. The number of para-hydroxylation sites is 2. The molecule has 0 spiro atoms. The third kappa shape index (κ3) is 5.20. The number of pyridine rings is 1. The summed E-state index contributed by atoms with van der Waals surface area (Å²) in [6, 6.07) is 21.0. The van der Waals surface area contributed by atoms with Crippen molar-refractivity contribution < 1.29 is 22.7 Å². The highest BCUT2D eigenvalue weighted by Crippen LogP contribution is 2.32. The first-order valence-corrected chi connectivity index (χ1v) is 12.9. The van der Waals surface area contributed by atoms with Gasteiger partial charge in [-0.15, -0.1) is 0 Å². The molecule has 194 valence electrons. The fourth-order valence-electron chi connectivity index (χ4n) is 4.36. The smallest absolute Gasteiger partial charge is 0.322 e. The van der Waals surface area contributed by atoms with Gasteiger partial charge in [0.1, 0.15) is 5.82 Å². The van der Waals surface area contributed by atoms with E-state index in [4.69, 9.17) is 0 Å². The molecule has 5 rings (SSSR count). The van der Waals surface area contributed by atoms with Crippen LogP contribution in [0, 0.1) is 5.82 Å². The van der Waals surface area contributed by atoms with Crippen molar-refractivity contribution >= 4 is 51.2 Å². The zero-order valence-corrected chi connectivity index (χ0v) is 21.0. The van der Waals surface area contributed by atoms with Gasteiger partial charge in [-0.1, -0.05) is 30.3 Å². The zero-order chi connectivity index (χ0) is 26.6. The standard InChI is InChI=1S/C27H24FN5O4S/c28-22-7-1-2-8-23(22)30-27(35)32-17-15-31(16-18-32)26(34)20-10-12-21(13-11-20)33(38(36)37)24-9-3-5-19-6-4-14-29-25(19)24/h1-14H,15-18H2,(H,30,35)(H,36,37). The lowest BCUT2D eigenvalue weighted by Gasteiger charge is -2.34. The van der Waals surface area contributed by atoms with Gasteiger partial charge in [0.2, 0.25) is 0 Å². The van der Waals surface area contributed by atoms with Gasteiger partial charge < -0.3 is 15.1 Å².